The molecule has 0 heterocycles. The third kappa shape index (κ3) is 6.34. The molecule has 0 aliphatic rings. The fourth-order valence-electron chi connectivity index (χ4n) is 1.09. The second-order valence-corrected chi connectivity index (χ2v) is 3.26. The van der Waals surface area contributed by atoms with Gasteiger partial charge in [0.1, 0.15) is 0 Å². The second-order valence-electron chi connectivity index (χ2n) is 3.26. The minimum absolute atomic E-state index is 0.0238. The third-order valence-electron chi connectivity index (χ3n) is 1.79. The Morgan fingerprint density at radius 3 is 2.58 bits per heavy atom. The van der Waals surface area contributed by atoms with E-state index in [-0.39, 0.29) is 11.3 Å². The molecule has 0 aromatic heterocycles. The summed E-state index contributed by atoms with van der Waals surface area (Å²) in [5, 5.41) is 21.5. The minimum atomic E-state index is -0.262. The number of rotatable bonds is 7. The molecule has 0 saturated carbocycles. The van der Waals surface area contributed by atoms with E-state index in [1.165, 1.54) is 0 Å². The van der Waals surface area contributed by atoms with Crippen molar-refractivity contribution in [3.8, 4) is 0 Å². The summed E-state index contributed by atoms with van der Waals surface area (Å²) in [6, 6.07) is 0. The van der Waals surface area contributed by atoms with Crippen LogP contribution >= 0.6 is 0 Å². The Labute approximate surface area is 74.5 Å². The molecule has 3 nitrogen and oxygen atoms in total. The average Bonchev–Trinajstić information content (AvgIpc) is 1.98. The summed E-state index contributed by atoms with van der Waals surface area (Å²) in [7, 11) is 1.64. The molecule has 0 saturated heterocycles. The Kier molecular flexibility index (Phi) is 5.98. The number of likely N-dealkylation sites (N-methyl/N-ethyl adjacent to an activating group) is 1. The van der Waals surface area contributed by atoms with Crippen molar-refractivity contribution in [3.05, 3.63) is 17.9 Å². The quantitative estimate of drug-likeness (QED) is 0.249. The Morgan fingerprint density at radius 2 is 2.08 bits per heavy atom. The molecule has 0 rings (SSSR count). The summed E-state index contributed by atoms with van der Waals surface area (Å²) in [4.78, 5) is 0. The third-order valence-corrected chi connectivity index (χ3v) is 1.79. The van der Waals surface area contributed by atoms with Gasteiger partial charge in [-0.25, -0.2) is 5.11 Å². The van der Waals surface area contributed by atoms with Gasteiger partial charge in [-0.05, 0) is 25.3 Å². The van der Waals surface area contributed by atoms with Crippen LogP contribution in [0.15, 0.2) is 12.7 Å². The molecule has 0 aliphatic carbocycles. The van der Waals surface area contributed by atoms with Gasteiger partial charge in [0, 0.05) is 0 Å². The van der Waals surface area contributed by atoms with Gasteiger partial charge in [0.15, 0.2) is 0 Å². The van der Waals surface area contributed by atoms with E-state index < -0.39 is 0 Å². The summed E-state index contributed by atoms with van der Waals surface area (Å²) in [5.74, 6) is 0. The summed E-state index contributed by atoms with van der Waals surface area (Å²) in [6.45, 7) is 4.55. The van der Waals surface area contributed by atoms with Crippen molar-refractivity contribution in [3.63, 3.8) is 0 Å². The number of hydrogen-bond acceptors (Lipinski definition) is 1. The minimum Gasteiger partial charge on any atom is -0.633 e. The number of nitrogens with zero attached hydrogens (tertiary/aromatic N) is 1. The van der Waals surface area contributed by atoms with Gasteiger partial charge >= 0.3 is 0 Å². The maximum absolute atomic E-state index is 11.5. The Bertz CT molecular complexity index is 124. The van der Waals surface area contributed by atoms with Crippen LogP contribution in [0.1, 0.15) is 19.3 Å². The van der Waals surface area contributed by atoms with E-state index in [9.17, 15) is 10.3 Å². The van der Waals surface area contributed by atoms with E-state index in [1.807, 2.05) is 0 Å². The van der Waals surface area contributed by atoms with Crippen LogP contribution in [0, 0.1) is 5.21 Å². The topological polar surface area (TPSA) is 43.0 Å². The van der Waals surface area contributed by atoms with Gasteiger partial charge in [0.05, 0.1) is 26.7 Å². The molecule has 12 heavy (non-hydrogen) atoms. The van der Waals surface area contributed by atoms with E-state index in [2.05, 4.69) is 6.58 Å². The summed E-state index contributed by atoms with van der Waals surface area (Å²) in [6.07, 6.45) is 4.04. The van der Waals surface area contributed by atoms with Crippen LogP contribution in [0.5, 0.6) is 0 Å². The fraction of sp³-hybridized carbons (Fsp3) is 0.778. The maximum Gasteiger partial charge on any atom is 0.0966 e. The molecular weight excluding hydrogens is 154 g/mol. The maximum atomic E-state index is 11.5. The summed E-state index contributed by atoms with van der Waals surface area (Å²) < 4.78 is -0.262. The Balaban J connectivity index is 3.39. The monoisotopic (exact) mass is 172 g/mol. The van der Waals surface area contributed by atoms with E-state index in [1.54, 1.807) is 13.1 Å². The predicted octanol–water partition coefficient (Wildman–Crippen LogP) is 1.72. The zero-order valence-electron chi connectivity index (χ0n) is 7.79. The highest BCUT2D eigenvalue weighted by Gasteiger charge is 2.05. The fourth-order valence-corrected chi connectivity index (χ4v) is 1.09. The smallest absolute Gasteiger partial charge is 0.0966 e. The van der Waals surface area contributed by atoms with Gasteiger partial charge in [-0.2, -0.15) is 0 Å². The van der Waals surface area contributed by atoms with Gasteiger partial charge in [-0.1, -0.05) is 6.58 Å². The van der Waals surface area contributed by atoms with Gasteiger partial charge in [-0.3, -0.25) is 0 Å². The summed E-state index contributed by atoms with van der Waals surface area (Å²) in [5.41, 5.74) is 0. The van der Waals surface area contributed by atoms with Crippen molar-refractivity contribution in [1.82, 2.24) is 0 Å². The van der Waals surface area contributed by atoms with Gasteiger partial charge in [0.25, 0.3) is 0 Å². The standard InChI is InChI=1S/C9H18NO2/c1-3-7-10(2,12)8-5-4-6-9-11/h3H,1,4-9H2,2H3. The van der Waals surface area contributed by atoms with Crippen molar-refractivity contribution < 1.29 is 9.75 Å². The second kappa shape index (κ2) is 6.17. The number of unbranched alkanes of at least 4 members (excludes halogenated alkanes) is 2. The molecule has 0 aliphatic heterocycles. The molecule has 0 amide bonds. The first-order valence-electron chi connectivity index (χ1n) is 4.37. The van der Waals surface area contributed by atoms with E-state index in [4.69, 9.17) is 0 Å². The lowest BCUT2D eigenvalue weighted by molar-refractivity contribution is -0.854. The van der Waals surface area contributed by atoms with Crippen LogP contribution in [0.3, 0.4) is 0 Å². The Morgan fingerprint density at radius 1 is 1.42 bits per heavy atom. The van der Waals surface area contributed by atoms with E-state index in [0.29, 0.717) is 19.5 Å². The number of hydrogen-bond donors (Lipinski definition) is 0. The molecule has 1 atom stereocenters. The van der Waals surface area contributed by atoms with Crippen LogP contribution in [0.2, 0.25) is 0 Å². The Hall–Kier alpha value is -0.380. The largest absolute Gasteiger partial charge is 0.633 e. The van der Waals surface area contributed by atoms with Gasteiger partial charge < -0.3 is 9.85 Å². The normalized spacial score (nSPS) is 15.6. The SMILES string of the molecule is C=CC[N+](C)([O-])CCCCC[O]. The lowest BCUT2D eigenvalue weighted by atomic mass is 10.2. The number of hydroxylamine groups is 3. The molecular formula is C9H18NO2. The highest BCUT2D eigenvalue weighted by atomic mass is 16.5. The van der Waals surface area contributed by atoms with Crippen molar-refractivity contribution >= 4 is 0 Å². The first-order valence-corrected chi connectivity index (χ1v) is 4.37. The molecule has 0 aromatic rings. The molecule has 0 aromatic carbocycles. The molecule has 0 N–H and O–H groups in total. The lowest BCUT2D eigenvalue weighted by Crippen LogP contribution is -2.38. The van der Waals surface area contributed by atoms with Crippen LogP contribution in [-0.2, 0) is 5.11 Å². The lowest BCUT2D eigenvalue weighted by Gasteiger charge is -2.37. The van der Waals surface area contributed by atoms with E-state index >= 15 is 0 Å². The number of quaternary nitrogens is 1. The zero-order chi connectivity index (χ0) is 9.45. The first kappa shape index (κ1) is 11.6. The highest BCUT2D eigenvalue weighted by Crippen LogP contribution is 2.04. The average molecular weight is 172 g/mol. The molecule has 1 radical (unpaired) electrons. The molecule has 0 spiro atoms. The van der Waals surface area contributed by atoms with Crippen LogP contribution < -0.4 is 0 Å². The molecule has 0 fully saturated rings. The van der Waals surface area contributed by atoms with E-state index in [0.717, 1.165) is 12.8 Å². The van der Waals surface area contributed by atoms with Gasteiger partial charge in [-0.15, -0.1) is 0 Å². The van der Waals surface area contributed by atoms with Crippen molar-refractivity contribution in [2.45, 2.75) is 19.3 Å². The molecule has 71 valence electrons. The first-order chi connectivity index (χ1) is 5.62. The molecule has 3 heteroatoms. The zero-order valence-corrected chi connectivity index (χ0v) is 7.79. The molecule has 1 unspecified atom stereocenters. The van der Waals surface area contributed by atoms with Crippen LogP contribution in [0.4, 0.5) is 0 Å². The van der Waals surface area contributed by atoms with Crippen molar-refractivity contribution in [2.24, 2.45) is 0 Å². The summed E-state index contributed by atoms with van der Waals surface area (Å²) >= 11 is 0. The van der Waals surface area contributed by atoms with Crippen molar-refractivity contribution in [2.75, 3.05) is 26.7 Å². The van der Waals surface area contributed by atoms with Crippen molar-refractivity contribution in [1.29, 1.82) is 0 Å². The highest BCUT2D eigenvalue weighted by molar-refractivity contribution is 4.65. The predicted molar refractivity (Wildman–Crippen MR) is 48.9 cm³/mol. The van der Waals surface area contributed by atoms with Gasteiger partial charge in [0.2, 0.25) is 0 Å². The van der Waals surface area contributed by atoms with Crippen LogP contribution in [0.25, 0.3) is 0 Å². The molecule has 0 bridgehead atoms. The van der Waals surface area contributed by atoms with Crippen LogP contribution in [-0.4, -0.2) is 31.4 Å².